The molecule has 1 aliphatic carbocycles. The van der Waals surface area contributed by atoms with Crippen LogP contribution in [0.2, 0.25) is 0 Å². The van der Waals surface area contributed by atoms with E-state index in [0.29, 0.717) is 0 Å². The van der Waals surface area contributed by atoms with Crippen molar-refractivity contribution in [3.63, 3.8) is 0 Å². The smallest absolute Gasteiger partial charge is 0.247 e. The maximum atomic E-state index is 13.6. The van der Waals surface area contributed by atoms with Gasteiger partial charge in [-0.3, -0.25) is 9.59 Å². The van der Waals surface area contributed by atoms with E-state index in [1.54, 1.807) is 12.0 Å². The Morgan fingerprint density at radius 1 is 1.03 bits per heavy atom. The van der Waals surface area contributed by atoms with Crippen LogP contribution < -0.4 is 10.1 Å². The van der Waals surface area contributed by atoms with Gasteiger partial charge in [-0.15, -0.1) is 11.6 Å². The number of alkyl halides is 1. The third-order valence-corrected chi connectivity index (χ3v) is 6.33. The molecule has 2 amide bonds. The molecule has 1 saturated carbocycles. The summed E-state index contributed by atoms with van der Waals surface area (Å²) in [6.45, 7) is 2.29. The first-order valence-electron chi connectivity index (χ1n) is 11.4. The third kappa shape index (κ3) is 6.49. The SMILES string of the molecule is COc1ccc(CN(C(=O)CCl)C(C(=O)NC2CCCCCC2)c2ccc(C)cc2)cc1. The van der Waals surface area contributed by atoms with Crippen LogP contribution >= 0.6 is 11.6 Å². The molecule has 2 aromatic rings. The van der Waals surface area contributed by atoms with Gasteiger partial charge < -0.3 is 15.0 Å². The van der Waals surface area contributed by atoms with Crippen molar-refractivity contribution in [2.75, 3.05) is 13.0 Å². The summed E-state index contributed by atoms with van der Waals surface area (Å²) in [6.07, 6.45) is 6.62. The predicted octanol–water partition coefficient (Wildman–Crippen LogP) is 5.15. The molecule has 5 nitrogen and oxygen atoms in total. The van der Waals surface area contributed by atoms with Crippen LogP contribution in [0.25, 0.3) is 0 Å². The Balaban J connectivity index is 1.91. The Morgan fingerprint density at radius 2 is 1.66 bits per heavy atom. The van der Waals surface area contributed by atoms with Gasteiger partial charge in [0, 0.05) is 12.6 Å². The second kappa shape index (κ2) is 11.9. The summed E-state index contributed by atoms with van der Waals surface area (Å²) >= 11 is 5.99. The van der Waals surface area contributed by atoms with Crippen molar-refractivity contribution in [3.05, 3.63) is 65.2 Å². The fourth-order valence-corrected chi connectivity index (χ4v) is 4.41. The van der Waals surface area contributed by atoms with Crippen molar-refractivity contribution < 1.29 is 14.3 Å². The number of nitrogens with zero attached hydrogens (tertiary/aromatic N) is 1. The Morgan fingerprint density at radius 3 is 2.22 bits per heavy atom. The molecular weight excluding hydrogens is 424 g/mol. The standard InChI is InChI=1S/C26H33ClN2O3/c1-19-9-13-21(14-10-19)25(26(31)28-22-7-5-3-4-6-8-22)29(24(30)17-27)18-20-11-15-23(32-2)16-12-20/h9-16,22,25H,3-8,17-18H2,1-2H3,(H,28,31). The molecule has 6 heteroatoms. The van der Waals surface area contributed by atoms with Crippen molar-refractivity contribution >= 4 is 23.4 Å². The molecule has 0 spiro atoms. The highest BCUT2D eigenvalue weighted by Gasteiger charge is 2.32. The van der Waals surface area contributed by atoms with Crippen LogP contribution in [0.3, 0.4) is 0 Å². The highest BCUT2D eigenvalue weighted by atomic mass is 35.5. The van der Waals surface area contributed by atoms with Crippen molar-refractivity contribution in [1.29, 1.82) is 0 Å². The lowest BCUT2D eigenvalue weighted by Gasteiger charge is -2.32. The van der Waals surface area contributed by atoms with Crippen LogP contribution in [-0.4, -0.2) is 35.7 Å². The van der Waals surface area contributed by atoms with Gasteiger partial charge in [-0.25, -0.2) is 0 Å². The summed E-state index contributed by atoms with van der Waals surface area (Å²) in [7, 11) is 1.61. The number of carbonyl (C=O) groups is 2. The zero-order chi connectivity index (χ0) is 22.9. The largest absolute Gasteiger partial charge is 0.497 e. The summed E-state index contributed by atoms with van der Waals surface area (Å²) in [5.41, 5.74) is 2.79. The monoisotopic (exact) mass is 456 g/mol. The average molecular weight is 457 g/mol. The second-order valence-electron chi connectivity index (χ2n) is 8.51. The van der Waals surface area contributed by atoms with Crippen molar-refractivity contribution in [2.24, 2.45) is 0 Å². The fourth-order valence-electron chi connectivity index (χ4n) is 4.25. The first-order valence-corrected chi connectivity index (χ1v) is 11.9. The molecular formula is C26H33ClN2O3. The van der Waals surface area contributed by atoms with Crippen LogP contribution in [0.4, 0.5) is 0 Å². The van der Waals surface area contributed by atoms with E-state index in [2.05, 4.69) is 5.32 Å². The van der Waals surface area contributed by atoms with Crippen molar-refractivity contribution in [2.45, 2.75) is 64.1 Å². The number of rotatable bonds is 8. The van der Waals surface area contributed by atoms with Crippen LogP contribution in [0, 0.1) is 6.92 Å². The molecule has 0 aliphatic heterocycles. The Kier molecular flexibility index (Phi) is 8.98. The molecule has 0 radical (unpaired) electrons. The molecule has 0 saturated heterocycles. The van der Waals surface area contributed by atoms with Crippen LogP contribution in [0.1, 0.15) is 61.3 Å². The maximum absolute atomic E-state index is 13.6. The first kappa shape index (κ1) is 24.1. The number of nitrogens with one attached hydrogen (secondary N) is 1. The Hall–Kier alpha value is -2.53. The van der Waals surface area contributed by atoms with Gasteiger partial charge in [0.2, 0.25) is 11.8 Å². The normalized spacial score (nSPS) is 15.5. The topological polar surface area (TPSA) is 58.6 Å². The molecule has 0 aromatic heterocycles. The summed E-state index contributed by atoms with van der Waals surface area (Å²) in [4.78, 5) is 28.1. The number of methoxy groups -OCH3 is 1. The van der Waals surface area contributed by atoms with E-state index in [1.807, 2.05) is 55.5 Å². The van der Waals surface area contributed by atoms with Gasteiger partial charge in [0.15, 0.2) is 0 Å². The molecule has 3 rings (SSSR count). The van der Waals surface area contributed by atoms with Crippen LogP contribution in [-0.2, 0) is 16.1 Å². The predicted molar refractivity (Wildman–Crippen MR) is 128 cm³/mol. The fraction of sp³-hybridized carbons (Fsp3) is 0.462. The number of hydrogen-bond donors (Lipinski definition) is 1. The minimum absolute atomic E-state index is 0.145. The molecule has 0 bridgehead atoms. The number of carbonyl (C=O) groups excluding carboxylic acids is 2. The summed E-state index contributed by atoms with van der Waals surface area (Å²) in [6, 6.07) is 14.7. The quantitative estimate of drug-likeness (QED) is 0.441. The zero-order valence-corrected chi connectivity index (χ0v) is 19.7. The molecule has 1 atom stereocenters. The lowest BCUT2D eigenvalue weighted by Crippen LogP contribution is -2.46. The number of aryl methyl sites for hydroxylation is 1. The van der Waals surface area contributed by atoms with Crippen LogP contribution in [0.5, 0.6) is 5.75 Å². The van der Waals surface area contributed by atoms with Crippen molar-refractivity contribution in [3.8, 4) is 5.75 Å². The molecule has 172 valence electrons. The minimum Gasteiger partial charge on any atom is -0.497 e. The van der Waals surface area contributed by atoms with Gasteiger partial charge >= 0.3 is 0 Å². The number of halogens is 1. The van der Waals surface area contributed by atoms with Gasteiger partial charge in [0.1, 0.15) is 17.7 Å². The van der Waals surface area contributed by atoms with E-state index in [-0.39, 0.29) is 30.3 Å². The lowest BCUT2D eigenvalue weighted by atomic mass is 10.0. The molecule has 1 aliphatic rings. The Labute approximate surface area is 196 Å². The molecule has 1 N–H and O–H groups in total. The van der Waals surface area contributed by atoms with E-state index >= 15 is 0 Å². The number of hydrogen-bond acceptors (Lipinski definition) is 3. The summed E-state index contributed by atoms with van der Waals surface area (Å²) < 4.78 is 5.24. The average Bonchev–Trinajstić information content (AvgIpc) is 3.08. The summed E-state index contributed by atoms with van der Waals surface area (Å²) in [5.74, 6) is 0.136. The van der Waals surface area contributed by atoms with Gasteiger partial charge in [-0.2, -0.15) is 0 Å². The highest BCUT2D eigenvalue weighted by molar-refractivity contribution is 6.27. The van der Waals surface area contributed by atoms with E-state index < -0.39 is 6.04 Å². The molecule has 32 heavy (non-hydrogen) atoms. The molecule has 2 aromatic carbocycles. The van der Waals surface area contributed by atoms with Crippen LogP contribution in [0.15, 0.2) is 48.5 Å². The second-order valence-corrected chi connectivity index (χ2v) is 8.78. The zero-order valence-electron chi connectivity index (χ0n) is 19.0. The van der Waals surface area contributed by atoms with Gasteiger partial charge in [0.25, 0.3) is 0 Å². The van der Waals surface area contributed by atoms with Gasteiger partial charge in [-0.1, -0.05) is 67.6 Å². The molecule has 1 fully saturated rings. The Bertz CT molecular complexity index is 875. The van der Waals surface area contributed by atoms with Gasteiger partial charge in [0.05, 0.1) is 7.11 Å². The van der Waals surface area contributed by atoms with Crippen molar-refractivity contribution in [1.82, 2.24) is 10.2 Å². The molecule has 1 unspecified atom stereocenters. The number of benzene rings is 2. The van der Waals surface area contributed by atoms with E-state index in [0.717, 1.165) is 48.1 Å². The summed E-state index contributed by atoms with van der Waals surface area (Å²) in [5, 5.41) is 3.24. The number of ether oxygens (including phenoxy) is 1. The molecule has 0 heterocycles. The number of amides is 2. The highest BCUT2D eigenvalue weighted by Crippen LogP contribution is 2.27. The van der Waals surface area contributed by atoms with E-state index in [1.165, 1.54) is 12.8 Å². The van der Waals surface area contributed by atoms with E-state index in [4.69, 9.17) is 16.3 Å². The minimum atomic E-state index is -0.743. The lowest BCUT2D eigenvalue weighted by molar-refractivity contribution is -0.140. The maximum Gasteiger partial charge on any atom is 0.247 e. The van der Waals surface area contributed by atoms with Gasteiger partial charge in [-0.05, 0) is 43.0 Å². The first-order chi connectivity index (χ1) is 15.5. The van der Waals surface area contributed by atoms with E-state index in [9.17, 15) is 9.59 Å². The third-order valence-electron chi connectivity index (χ3n) is 6.10.